The normalized spacial score (nSPS) is 25.2. The van der Waals surface area contributed by atoms with Crippen LogP contribution < -0.4 is 11.0 Å². The number of aromatic nitrogens is 3. The van der Waals surface area contributed by atoms with Gasteiger partial charge in [-0.15, -0.1) is 0 Å². The van der Waals surface area contributed by atoms with Crippen molar-refractivity contribution >= 4 is 11.7 Å². The molecule has 3 N–H and O–H groups in total. The second kappa shape index (κ2) is 7.28. The van der Waals surface area contributed by atoms with Gasteiger partial charge in [0.25, 0.3) is 5.91 Å². The molecule has 26 heavy (non-hydrogen) atoms. The highest BCUT2D eigenvalue weighted by atomic mass is 19.1. The van der Waals surface area contributed by atoms with Crippen LogP contribution in [0.2, 0.25) is 0 Å². The molecule has 0 saturated carbocycles. The summed E-state index contributed by atoms with van der Waals surface area (Å²) >= 11 is 0. The molecule has 2 aromatic rings. The Morgan fingerprint density at radius 1 is 1.42 bits per heavy atom. The Balaban J connectivity index is 1.77. The Hall–Kier alpha value is -2.69. The average molecular weight is 364 g/mol. The molecular weight excluding hydrogens is 347 g/mol. The van der Waals surface area contributed by atoms with Gasteiger partial charge in [-0.1, -0.05) is 0 Å². The topological polar surface area (TPSA) is 127 Å². The second-order valence-electron chi connectivity index (χ2n) is 5.83. The van der Waals surface area contributed by atoms with Crippen LogP contribution in [0.3, 0.4) is 0 Å². The fourth-order valence-corrected chi connectivity index (χ4v) is 2.55. The van der Waals surface area contributed by atoms with Gasteiger partial charge in [0, 0.05) is 18.1 Å². The Bertz CT molecular complexity index is 856. The molecule has 1 aliphatic heterocycles. The number of hydrogen-bond donors (Lipinski definition) is 3. The molecule has 138 valence electrons. The van der Waals surface area contributed by atoms with E-state index in [-0.39, 0.29) is 5.82 Å². The summed E-state index contributed by atoms with van der Waals surface area (Å²) in [7, 11) is 0. The molecular formula is C16H17FN4O5. The molecule has 1 saturated heterocycles. The number of halogens is 1. The number of carbonyl (C=O) groups excluding carboxylic acids is 1. The van der Waals surface area contributed by atoms with E-state index in [0.29, 0.717) is 5.56 Å². The Labute approximate surface area is 147 Å². The first-order valence-electron chi connectivity index (χ1n) is 7.82. The number of nitrogens with zero attached hydrogens (tertiary/aromatic N) is 3. The van der Waals surface area contributed by atoms with Crippen molar-refractivity contribution < 1.29 is 24.1 Å². The van der Waals surface area contributed by atoms with Crippen LogP contribution in [0.1, 0.15) is 22.3 Å². The molecule has 0 bridgehead atoms. The van der Waals surface area contributed by atoms with Gasteiger partial charge in [-0.2, -0.15) is 4.98 Å². The number of aryl methyl sites for hydroxylation is 1. The Morgan fingerprint density at radius 2 is 2.19 bits per heavy atom. The van der Waals surface area contributed by atoms with Crippen molar-refractivity contribution in [3.63, 3.8) is 0 Å². The maximum absolute atomic E-state index is 14.1. The number of nitrogens with one attached hydrogen (secondary N) is 1. The van der Waals surface area contributed by atoms with Crippen molar-refractivity contribution in [2.24, 2.45) is 0 Å². The number of amides is 1. The lowest BCUT2D eigenvalue weighted by Gasteiger charge is -2.16. The summed E-state index contributed by atoms with van der Waals surface area (Å²) in [4.78, 5) is 31.9. The zero-order valence-corrected chi connectivity index (χ0v) is 13.7. The SMILES string of the molecule is Cc1ccc(C(=O)Nc2ccn([C@@H]3O[C@H](CO)[C@@H](O)[C@H]3F)c(=O)n2)cn1. The minimum atomic E-state index is -1.90. The molecule has 0 aromatic carbocycles. The molecule has 1 amide bonds. The Morgan fingerprint density at radius 3 is 2.77 bits per heavy atom. The number of rotatable bonds is 4. The third kappa shape index (κ3) is 3.47. The molecule has 0 spiro atoms. The largest absolute Gasteiger partial charge is 0.394 e. The quantitative estimate of drug-likeness (QED) is 0.685. The van der Waals surface area contributed by atoms with E-state index in [4.69, 9.17) is 9.84 Å². The molecule has 10 heteroatoms. The van der Waals surface area contributed by atoms with E-state index in [1.807, 2.05) is 0 Å². The van der Waals surface area contributed by atoms with Gasteiger partial charge in [-0.05, 0) is 25.1 Å². The predicted molar refractivity (Wildman–Crippen MR) is 87.3 cm³/mol. The number of carbonyl (C=O) groups is 1. The maximum Gasteiger partial charge on any atom is 0.351 e. The fourth-order valence-electron chi connectivity index (χ4n) is 2.55. The molecule has 2 aromatic heterocycles. The van der Waals surface area contributed by atoms with Crippen molar-refractivity contribution in [2.45, 2.75) is 31.5 Å². The summed E-state index contributed by atoms with van der Waals surface area (Å²) in [5.41, 5.74) is 0.171. The zero-order valence-electron chi connectivity index (χ0n) is 13.7. The molecule has 3 rings (SSSR count). The van der Waals surface area contributed by atoms with Gasteiger partial charge in [0.1, 0.15) is 18.0 Å². The summed E-state index contributed by atoms with van der Waals surface area (Å²) in [5, 5.41) is 21.1. The van der Waals surface area contributed by atoms with Gasteiger partial charge in [0.15, 0.2) is 12.4 Å². The van der Waals surface area contributed by atoms with Crippen molar-refractivity contribution in [3.8, 4) is 0 Å². The van der Waals surface area contributed by atoms with E-state index >= 15 is 0 Å². The van der Waals surface area contributed by atoms with Crippen molar-refractivity contribution in [1.29, 1.82) is 0 Å². The van der Waals surface area contributed by atoms with E-state index < -0.39 is 42.8 Å². The van der Waals surface area contributed by atoms with E-state index in [1.54, 1.807) is 19.1 Å². The lowest BCUT2D eigenvalue weighted by atomic mass is 10.1. The van der Waals surface area contributed by atoms with E-state index in [9.17, 15) is 19.1 Å². The summed E-state index contributed by atoms with van der Waals surface area (Å²) in [5.74, 6) is -0.525. The third-order valence-corrected chi connectivity index (χ3v) is 3.99. The first-order chi connectivity index (χ1) is 12.4. The van der Waals surface area contributed by atoms with Crippen LogP contribution in [-0.4, -0.2) is 55.6 Å². The molecule has 1 fully saturated rings. The van der Waals surface area contributed by atoms with Crippen molar-refractivity contribution in [3.05, 3.63) is 52.3 Å². The van der Waals surface area contributed by atoms with E-state index in [0.717, 1.165) is 10.3 Å². The van der Waals surface area contributed by atoms with Gasteiger partial charge in [0.05, 0.1) is 12.2 Å². The number of aliphatic hydroxyl groups is 2. The van der Waals surface area contributed by atoms with Crippen molar-refractivity contribution in [2.75, 3.05) is 11.9 Å². The van der Waals surface area contributed by atoms with Crippen LogP contribution in [0.15, 0.2) is 35.4 Å². The lowest BCUT2D eigenvalue weighted by molar-refractivity contribution is -0.0490. The Kier molecular flexibility index (Phi) is 5.07. The van der Waals surface area contributed by atoms with Gasteiger partial charge < -0.3 is 20.3 Å². The molecule has 0 unspecified atom stereocenters. The molecule has 0 radical (unpaired) electrons. The maximum atomic E-state index is 14.1. The van der Waals surface area contributed by atoms with Crippen molar-refractivity contribution in [1.82, 2.24) is 14.5 Å². The van der Waals surface area contributed by atoms with Gasteiger partial charge in [-0.3, -0.25) is 14.3 Å². The number of ether oxygens (including phenoxy) is 1. The monoisotopic (exact) mass is 364 g/mol. The van der Waals surface area contributed by atoms with Crippen LogP contribution in [0.5, 0.6) is 0 Å². The smallest absolute Gasteiger partial charge is 0.351 e. The standard InChI is InChI=1S/C16H17FN4O5/c1-8-2-3-9(6-18-8)14(24)19-11-4-5-21(16(25)20-11)15-12(17)13(23)10(7-22)26-15/h2-6,10,12-13,15,22-23H,7H2,1H3,(H,19,20,24,25)/t10-,12-,13-,15-/m1/s1. The van der Waals surface area contributed by atoms with Gasteiger partial charge in [-0.25, -0.2) is 9.18 Å². The highest BCUT2D eigenvalue weighted by Crippen LogP contribution is 2.30. The van der Waals surface area contributed by atoms with Crippen LogP contribution in [0.25, 0.3) is 0 Å². The first kappa shape index (κ1) is 18.1. The third-order valence-electron chi connectivity index (χ3n) is 3.99. The van der Waals surface area contributed by atoms with E-state index in [2.05, 4.69) is 15.3 Å². The van der Waals surface area contributed by atoms with Gasteiger partial charge >= 0.3 is 5.69 Å². The molecule has 9 nitrogen and oxygen atoms in total. The average Bonchev–Trinajstić information content (AvgIpc) is 2.90. The summed E-state index contributed by atoms with van der Waals surface area (Å²) < 4.78 is 20.1. The molecule has 3 heterocycles. The predicted octanol–water partition coefficient (Wildman–Crippen LogP) is -0.212. The first-order valence-corrected chi connectivity index (χ1v) is 7.82. The molecule has 0 aliphatic carbocycles. The van der Waals surface area contributed by atoms with Crippen LogP contribution >= 0.6 is 0 Å². The number of pyridine rings is 1. The zero-order chi connectivity index (χ0) is 18.8. The second-order valence-corrected chi connectivity index (χ2v) is 5.83. The summed E-state index contributed by atoms with van der Waals surface area (Å²) in [6.07, 6.45) is -3.40. The number of alkyl halides is 1. The van der Waals surface area contributed by atoms with Crippen LogP contribution in [-0.2, 0) is 4.74 Å². The number of aliphatic hydroxyl groups excluding tert-OH is 2. The van der Waals surface area contributed by atoms with E-state index in [1.165, 1.54) is 18.5 Å². The number of anilines is 1. The lowest BCUT2D eigenvalue weighted by Crippen LogP contribution is -2.33. The van der Waals surface area contributed by atoms with Gasteiger partial charge in [0.2, 0.25) is 0 Å². The summed E-state index contributed by atoms with van der Waals surface area (Å²) in [6.45, 7) is 1.20. The highest BCUT2D eigenvalue weighted by molar-refractivity contribution is 6.03. The molecule has 4 atom stereocenters. The number of hydrogen-bond acceptors (Lipinski definition) is 7. The minimum Gasteiger partial charge on any atom is -0.394 e. The van der Waals surface area contributed by atoms with Crippen LogP contribution in [0, 0.1) is 6.92 Å². The molecule has 1 aliphatic rings. The minimum absolute atomic E-state index is 0.0236. The fraction of sp³-hybridized carbons (Fsp3) is 0.375. The highest BCUT2D eigenvalue weighted by Gasteiger charge is 2.45. The van der Waals surface area contributed by atoms with Crippen LogP contribution in [0.4, 0.5) is 10.2 Å². The summed E-state index contributed by atoms with van der Waals surface area (Å²) in [6, 6.07) is 4.55.